The molecule has 3 aromatic rings. The van der Waals surface area contributed by atoms with Crippen molar-refractivity contribution in [2.75, 3.05) is 24.4 Å². The fourth-order valence-electron chi connectivity index (χ4n) is 3.00. The van der Waals surface area contributed by atoms with Gasteiger partial charge in [0.2, 0.25) is 0 Å². The minimum absolute atomic E-state index is 0.175. The summed E-state index contributed by atoms with van der Waals surface area (Å²) >= 11 is 3.06. The maximum atomic E-state index is 12.5. The number of hydrogen-bond acceptors (Lipinski definition) is 6. The third-order valence-electron chi connectivity index (χ3n) is 4.28. The Labute approximate surface area is 184 Å². The Hall–Kier alpha value is -2.10. The number of fused-ring (bicyclic) bond motifs is 1. The topological polar surface area (TPSA) is 77.7 Å². The maximum Gasteiger partial charge on any atom is 0.263 e. The van der Waals surface area contributed by atoms with Crippen molar-refractivity contribution in [2.24, 2.45) is 4.99 Å². The fourth-order valence-corrected chi connectivity index (χ4v) is 5.71. The van der Waals surface area contributed by atoms with Crippen LogP contribution in [0, 0.1) is 0 Å². The smallest absolute Gasteiger partial charge is 0.263 e. The van der Waals surface area contributed by atoms with Gasteiger partial charge >= 0.3 is 0 Å². The molecule has 0 atom stereocenters. The van der Waals surface area contributed by atoms with Crippen LogP contribution in [0.2, 0.25) is 0 Å². The summed E-state index contributed by atoms with van der Waals surface area (Å²) < 4.78 is 33.4. The number of carbonyl (C=O) groups is 1. The number of thiazole rings is 1. The molecule has 0 bridgehead atoms. The predicted molar refractivity (Wildman–Crippen MR) is 124 cm³/mol. The summed E-state index contributed by atoms with van der Waals surface area (Å²) in [6.45, 7) is 3.17. The van der Waals surface area contributed by atoms with Gasteiger partial charge in [0.05, 0.1) is 22.6 Å². The van der Waals surface area contributed by atoms with Crippen LogP contribution in [0.1, 0.15) is 12.5 Å². The van der Waals surface area contributed by atoms with Crippen molar-refractivity contribution in [2.45, 2.75) is 19.2 Å². The van der Waals surface area contributed by atoms with E-state index >= 15 is 0 Å². The number of ether oxygens (including phenoxy) is 1. The summed E-state index contributed by atoms with van der Waals surface area (Å²) in [7, 11) is -3.60. The van der Waals surface area contributed by atoms with E-state index in [-0.39, 0.29) is 5.75 Å². The summed E-state index contributed by atoms with van der Waals surface area (Å²) in [6, 6.07) is 14.6. The highest BCUT2D eigenvalue weighted by Gasteiger charge is 2.18. The van der Waals surface area contributed by atoms with E-state index in [0.29, 0.717) is 23.5 Å². The second-order valence-electron chi connectivity index (χ2n) is 6.62. The zero-order chi connectivity index (χ0) is 21.6. The number of benzene rings is 2. The van der Waals surface area contributed by atoms with E-state index < -0.39 is 21.5 Å². The fraction of sp³-hybridized carbons (Fsp3) is 0.333. The van der Waals surface area contributed by atoms with Crippen LogP contribution in [-0.2, 0) is 26.9 Å². The van der Waals surface area contributed by atoms with Gasteiger partial charge in [0.25, 0.3) is 5.91 Å². The number of carbonyl (C=O) groups excluding carboxylic acids is 1. The van der Waals surface area contributed by atoms with E-state index in [0.717, 1.165) is 21.7 Å². The molecule has 0 fully saturated rings. The Kier molecular flexibility index (Phi) is 7.74. The molecule has 30 heavy (non-hydrogen) atoms. The summed E-state index contributed by atoms with van der Waals surface area (Å²) in [5, 5.41) is 0. The second kappa shape index (κ2) is 10.3. The van der Waals surface area contributed by atoms with Gasteiger partial charge in [-0.05, 0) is 36.9 Å². The first-order valence-electron chi connectivity index (χ1n) is 9.49. The highest BCUT2D eigenvalue weighted by Crippen LogP contribution is 2.23. The van der Waals surface area contributed by atoms with Crippen LogP contribution in [-0.4, -0.2) is 43.3 Å². The Balaban J connectivity index is 1.90. The summed E-state index contributed by atoms with van der Waals surface area (Å²) in [6.07, 6.45) is 2.01. The number of aryl methyl sites for hydroxylation is 1. The first-order valence-corrected chi connectivity index (χ1v) is 13.5. The molecule has 0 saturated heterocycles. The molecule has 160 valence electrons. The molecular formula is C21H24N2O4S3. The zero-order valence-electron chi connectivity index (χ0n) is 16.9. The third kappa shape index (κ3) is 5.96. The average molecular weight is 465 g/mol. The van der Waals surface area contributed by atoms with Crippen LogP contribution < -0.4 is 9.54 Å². The lowest BCUT2D eigenvalue weighted by Gasteiger charge is -2.05. The van der Waals surface area contributed by atoms with Gasteiger partial charge in [-0.25, -0.2) is 8.42 Å². The largest absolute Gasteiger partial charge is 0.494 e. The van der Waals surface area contributed by atoms with Crippen molar-refractivity contribution in [3.63, 3.8) is 0 Å². The van der Waals surface area contributed by atoms with Gasteiger partial charge in [0.1, 0.15) is 11.5 Å². The molecule has 0 radical (unpaired) electrons. The quantitative estimate of drug-likeness (QED) is 0.484. The van der Waals surface area contributed by atoms with Crippen LogP contribution in [0.4, 0.5) is 0 Å². The number of rotatable bonds is 9. The van der Waals surface area contributed by atoms with Crippen molar-refractivity contribution >= 4 is 49.1 Å². The maximum absolute atomic E-state index is 12.5. The van der Waals surface area contributed by atoms with E-state index in [4.69, 9.17) is 4.74 Å². The SMILES string of the molecule is CCOc1ccc2c(c1)sc(=NC(=O)CS(=O)(=O)Cc1ccccc1)n2CCSC. The zero-order valence-corrected chi connectivity index (χ0v) is 19.4. The molecule has 1 aromatic heterocycles. The predicted octanol–water partition coefficient (Wildman–Crippen LogP) is 3.51. The van der Waals surface area contributed by atoms with Gasteiger partial charge in [-0.1, -0.05) is 41.7 Å². The highest BCUT2D eigenvalue weighted by atomic mass is 32.2. The molecule has 1 amide bonds. The van der Waals surface area contributed by atoms with Gasteiger partial charge in [0, 0.05) is 12.3 Å². The van der Waals surface area contributed by atoms with Crippen LogP contribution in [0.5, 0.6) is 5.75 Å². The van der Waals surface area contributed by atoms with Crippen LogP contribution in [0.3, 0.4) is 0 Å². The molecule has 0 aliphatic heterocycles. The molecule has 0 aliphatic carbocycles. The molecule has 0 spiro atoms. The van der Waals surface area contributed by atoms with Crippen LogP contribution in [0.15, 0.2) is 53.5 Å². The third-order valence-corrected chi connectivity index (χ3v) is 7.37. The minimum Gasteiger partial charge on any atom is -0.494 e. The van der Waals surface area contributed by atoms with Crippen molar-refractivity contribution in [1.29, 1.82) is 0 Å². The molecule has 0 N–H and O–H groups in total. The molecule has 9 heteroatoms. The Morgan fingerprint density at radius 3 is 2.67 bits per heavy atom. The van der Waals surface area contributed by atoms with E-state index in [2.05, 4.69) is 4.99 Å². The summed E-state index contributed by atoms with van der Waals surface area (Å²) in [5.41, 5.74) is 1.61. The normalized spacial score (nSPS) is 12.4. The van der Waals surface area contributed by atoms with Gasteiger partial charge in [-0.2, -0.15) is 16.8 Å². The van der Waals surface area contributed by atoms with Crippen LogP contribution >= 0.6 is 23.1 Å². The van der Waals surface area contributed by atoms with Gasteiger partial charge in [-0.3, -0.25) is 4.79 Å². The van der Waals surface area contributed by atoms with Gasteiger partial charge in [0.15, 0.2) is 14.6 Å². The minimum atomic E-state index is -3.60. The molecule has 3 rings (SSSR count). The molecular weight excluding hydrogens is 440 g/mol. The molecule has 2 aromatic carbocycles. The van der Waals surface area contributed by atoms with Gasteiger partial charge in [-0.15, -0.1) is 0 Å². The van der Waals surface area contributed by atoms with Crippen molar-refractivity contribution in [3.8, 4) is 5.75 Å². The summed E-state index contributed by atoms with van der Waals surface area (Å²) in [4.78, 5) is 17.2. The Morgan fingerprint density at radius 1 is 1.20 bits per heavy atom. The molecule has 6 nitrogen and oxygen atoms in total. The van der Waals surface area contributed by atoms with E-state index in [1.165, 1.54) is 11.3 Å². The number of aromatic nitrogens is 1. The van der Waals surface area contributed by atoms with E-state index in [1.807, 2.05) is 42.0 Å². The Bertz CT molecular complexity index is 1180. The molecule has 1 heterocycles. The number of thioether (sulfide) groups is 1. The van der Waals surface area contributed by atoms with Crippen LogP contribution in [0.25, 0.3) is 10.2 Å². The number of amides is 1. The standard InChI is InChI=1S/C21H24N2O4S3/c1-3-27-17-9-10-18-19(13-17)29-21(23(18)11-12-28-2)22-20(24)15-30(25,26)14-16-7-5-4-6-8-16/h4-10,13H,3,11-12,14-15H2,1-2H3. The van der Waals surface area contributed by atoms with Crippen molar-refractivity contribution in [1.82, 2.24) is 4.57 Å². The van der Waals surface area contributed by atoms with E-state index in [1.54, 1.807) is 36.0 Å². The first-order chi connectivity index (χ1) is 14.4. The monoisotopic (exact) mass is 464 g/mol. The van der Waals surface area contributed by atoms with Crippen molar-refractivity contribution < 1.29 is 17.9 Å². The summed E-state index contributed by atoms with van der Waals surface area (Å²) in [5.74, 6) is 0.174. The Morgan fingerprint density at radius 2 is 1.97 bits per heavy atom. The molecule has 0 saturated carbocycles. The first kappa shape index (κ1) is 22.6. The lowest BCUT2D eigenvalue weighted by atomic mass is 10.2. The second-order valence-corrected chi connectivity index (χ2v) is 10.7. The number of hydrogen-bond donors (Lipinski definition) is 0. The highest BCUT2D eigenvalue weighted by molar-refractivity contribution is 7.98. The molecule has 0 unspecified atom stereocenters. The molecule has 0 aliphatic rings. The lowest BCUT2D eigenvalue weighted by molar-refractivity contribution is -0.115. The number of sulfone groups is 1. The average Bonchev–Trinajstić information content (AvgIpc) is 3.02. The van der Waals surface area contributed by atoms with Gasteiger partial charge < -0.3 is 9.30 Å². The number of nitrogens with zero attached hydrogens (tertiary/aromatic N) is 2. The van der Waals surface area contributed by atoms with E-state index in [9.17, 15) is 13.2 Å². The lowest BCUT2D eigenvalue weighted by Crippen LogP contribution is -2.22. The van der Waals surface area contributed by atoms with Crippen molar-refractivity contribution in [3.05, 3.63) is 58.9 Å².